The van der Waals surface area contributed by atoms with Crippen molar-refractivity contribution in [1.29, 1.82) is 0 Å². The highest BCUT2D eigenvalue weighted by Crippen LogP contribution is 2.15. The molecule has 0 aliphatic heterocycles. The van der Waals surface area contributed by atoms with Crippen molar-refractivity contribution >= 4 is 21.8 Å². The maximum absolute atomic E-state index is 11.8. The predicted molar refractivity (Wildman–Crippen MR) is 96.8 cm³/mol. The molecule has 2 heterocycles. The van der Waals surface area contributed by atoms with E-state index in [9.17, 15) is 9.59 Å². The summed E-state index contributed by atoms with van der Waals surface area (Å²) in [5.41, 5.74) is 3.38. The second-order valence-corrected chi connectivity index (χ2v) is 6.02. The van der Waals surface area contributed by atoms with Crippen molar-refractivity contribution in [2.24, 2.45) is 0 Å². The van der Waals surface area contributed by atoms with Crippen LogP contribution < -0.4 is 11.1 Å². The Hall–Kier alpha value is -3.28. The third-order valence-electron chi connectivity index (χ3n) is 4.34. The summed E-state index contributed by atoms with van der Waals surface area (Å²) >= 11 is 0. The van der Waals surface area contributed by atoms with Gasteiger partial charge in [-0.05, 0) is 54.7 Å². The first kappa shape index (κ1) is 15.3. The average Bonchev–Trinajstić information content (AvgIpc) is 2.63. The Bertz CT molecular complexity index is 1080. The van der Waals surface area contributed by atoms with E-state index in [-0.39, 0.29) is 11.1 Å². The van der Waals surface area contributed by atoms with E-state index in [1.54, 1.807) is 0 Å². The Morgan fingerprint density at radius 2 is 1.20 bits per heavy atom. The van der Waals surface area contributed by atoms with Gasteiger partial charge < -0.3 is 9.97 Å². The quantitative estimate of drug-likeness (QED) is 0.600. The van der Waals surface area contributed by atoms with Gasteiger partial charge in [0.05, 0.1) is 34.5 Å². The largest absolute Gasteiger partial charge is 0.313 e. The van der Waals surface area contributed by atoms with Gasteiger partial charge in [-0.15, -0.1) is 0 Å². The molecule has 124 valence electrons. The highest BCUT2D eigenvalue weighted by atomic mass is 16.1. The molecule has 0 spiro atoms. The molecule has 0 radical (unpaired) electrons. The summed E-state index contributed by atoms with van der Waals surface area (Å²) in [6.45, 7) is 0. The highest BCUT2D eigenvalue weighted by molar-refractivity contribution is 5.78. The Labute approximate surface area is 142 Å². The van der Waals surface area contributed by atoms with Crippen LogP contribution in [-0.2, 0) is 12.8 Å². The third kappa shape index (κ3) is 3.06. The molecular formula is C19H16N4O2. The van der Waals surface area contributed by atoms with E-state index in [1.165, 1.54) is 12.7 Å². The average molecular weight is 332 g/mol. The summed E-state index contributed by atoms with van der Waals surface area (Å²) in [5, 5.41) is 1.23. The molecule has 2 N–H and O–H groups in total. The Morgan fingerprint density at radius 1 is 0.720 bits per heavy atom. The van der Waals surface area contributed by atoms with Gasteiger partial charge in [0.1, 0.15) is 0 Å². The number of benzene rings is 2. The van der Waals surface area contributed by atoms with Gasteiger partial charge in [-0.2, -0.15) is 0 Å². The molecule has 4 rings (SSSR count). The molecule has 0 amide bonds. The summed E-state index contributed by atoms with van der Waals surface area (Å²) in [5.74, 6) is 0. The van der Waals surface area contributed by atoms with E-state index in [0.29, 0.717) is 21.8 Å². The van der Waals surface area contributed by atoms with Crippen molar-refractivity contribution in [3.05, 3.63) is 80.9 Å². The van der Waals surface area contributed by atoms with Crippen LogP contribution in [0.4, 0.5) is 0 Å². The Balaban J connectivity index is 1.51. The van der Waals surface area contributed by atoms with Gasteiger partial charge in [-0.1, -0.05) is 12.1 Å². The molecule has 0 aliphatic rings. The van der Waals surface area contributed by atoms with Gasteiger partial charge in [0.15, 0.2) is 0 Å². The summed E-state index contributed by atoms with van der Waals surface area (Å²) in [4.78, 5) is 37.2. The minimum atomic E-state index is -0.117. The molecule has 2 aromatic heterocycles. The molecule has 0 atom stereocenters. The van der Waals surface area contributed by atoms with Crippen molar-refractivity contribution in [1.82, 2.24) is 19.9 Å². The molecule has 0 bridgehead atoms. The second-order valence-electron chi connectivity index (χ2n) is 6.02. The van der Waals surface area contributed by atoms with Crippen LogP contribution in [0.3, 0.4) is 0 Å². The zero-order valence-electron chi connectivity index (χ0n) is 13.5. The molecule has 4 aromatic rings. The maximum Gasteiger partial charge on any atom is 0.258 e. The standard InChI is InChI=1S/C19H16N4O2/c24-18-14-8-12(4-6-16(14)20-10-22-18)2-1-3-13-5-7-17-15(9-13)19(25)23-11-21-17/h4-11H,1-3H2,(H,20,22,24)(H,21,23,25). The summed E-state index contributed by atoms with van der Waals surface area (Å²) in [7, 11) is 0. The molecule has 0 aliphatic carbocycles. The van der Waals surface area contributed by atoms with Crippen LogP contribution in [0.25, 0.3) is 21.8 Å². The van der Waals surface area contributed by atoms with Crippen molar-refractivity contribution in [2.75, 3.05) is 0 Å². The van der Waals surface area contributed by atoms with Crippen LogP contribution in [0.2, 0.25) is 0 Å². The number of fused-ring (bicyclic) bond motifs is 2. The lowest BCUT2D eigenvalue weighted by molar-refractivity contribution is 0.822. The van der Waals surface area contributed by atoms with E-state index in [0.717, 1.165) is 30.4 Å². The first-order valence-electron chi connectivity index (χ1n) is 8.13. The number of aryl methyl sites for hydroxylation is 2. The highest BCUT2D eigenvalue weighted by Gasteiger charge is 2.04. The van der Waals surface area contributed by atoms with Gasteiger partial charge in [0.2, 0.25) is 0 Å². The zero-order valence-corrected chi connectivity index (χ0v) is 13.5. The molecule has 0 saturated carbocycles. The topological polar surface area (TPSA) is 91.5 Å². The number of aromatic nitrogens is 4. The van der Waals surface area contributed by atoms with Gasteiger partial charge in [0, 0.05) is 0 Å². The van der Waals surface area contributed by atoms with E-state index in [2.05, 4.69) is 19.9 Å². The van der Waals surface area contributed by atoms with E-state index in [1.807, 2.05) is 36.4 Å². The van der Waals surface area contributed by atoms with Crippen LogP contribution in [0.1, 0.15) is 17.5 Å². The van der Waals surface area contributed by atoms with Gasteiger partial charge >= 0.3 is 0 Å². The predicted octanol–water partition coefficient (Wildman–Crippen LogP) is 2.33. The van der Waals surface area contributed by atoms with Crippen molar-refractivity contribution in [2.45, 2.75) is 19.3 Å². The maximum atomic E-state index is 11.8. The molecule has 0 saturated heterocycles. The minimum Gasteiger partial charge on any atom is -0.313 e. The molecule has 6 nitrogen and oxygen atoms in total. The molecular weight excluding hydrogens is 316 g/mol. The SMILES string of the molecule is O=c1[nH]cnc2ccc(CCCc3ccc4nc[nH]c(=O)c4c3)cc12. The normalized spacial score (nSPS) is 11.2. The van der Waals surface area contributed by atoms with Crippen LogP contribution in [0, 0.1) is 0 Å². The van der Waals surface area contributed by atoms with Crippen LogP contribution in [-0.4, -0.2) is 19.9 Å². The van der Waals surface area contributed by atoms with Crippen molar-refractivity contribution < 1.29 is 0 Å². The fourth-order valence-electron chi connectivity index (χ4n) is 3.04. The Morgan fingerprint density at radius 3 is 1.68 bits per heavy atom. The lowest BCUT2D eigenvalue weighted by Crippen LogP contribution is -2.07. The minimum absolute atomic E-state index is 0.117. The number of hydrogen-bond donors (Lipinski definition) is 2. The monoisotopic (exact) mass is 332 g/mol. The molecule has 25 heavy (non-hydrogen) atoms. The number of hydrogen-bond acceptors (Lipinski definition) is 4. The third-order valence-corrected chi connectivity index (χ3v) is 4.34. The summed E-state index contributed by atoms with van der Waals surface area (Å²) < 4.78 is 0. The van der Waals surface area contributed by atoms with Gasteiger partial charge in [-0.25, -0.2) is 9.97 Å². The number of rotatable bonds is 4. The van der Waals surface area contributed by atoms with Crippen molar-refractivity contribution in [3.63, 3.8) is 0 Å². The molecule has 0 fully saturated rings. The second kappa shape index (κ2) is 6.32. The molecule has 2 aromatic carbocycles. The Kier molecular flexibility index (Phi) is 3.85. The van der Waals surface area contributed by atoms with Crippen LogP contribution >= 0.6 is 0 Å². The van der Waals surface area contributed by atoms with Crippen LogP contribution in [0.15, 0.2) is 58.6 Å². The summed E-state index contributed by atoms with van der Waals surface area (Å²) in [6, 6.07) is 11.6. The van der Waals surface area contributed by atoms with E-state index < -0.39 is 0 Å². The van der Waals surface area contributed by atoms with E-state index >= 15 is 0 Å². The molecule has 0 unspecified atom stereocenters. The van der Waals surface area contributed by atoms with Gasteiger partial charge in [-0.3, -0.25) is 9.59 Å². The zero-order chi connectivity index (χ0) is 17.2. The lowest BCUT2D eigenvalue weighted by Gasteiger charge is -2.05. The van der Waals surface area contributed by atoms with E-state index in [4.69, 9.17) is 0 Å². The molecule has 6 heteroatoms. The lowest BCUT2D eigenvalue weighted by atomic mass is 10.0. The number of nitrogens with zero attached hydrogens (tertiary/aromatic N) is 2. The van der Waals surface area contributed by atoms with Crippen LogP contribution in [0.5, 0.6) is 0 Å². The smallest absolute Gasteiger partial charge is 0.258 e. The summed E-state index contributed by atoms with van der Waals surface area (Å²) in [6.07, 6.45) is 5.46. The van der Waals surface area contributed by atoms with Crippen molar-refractivity contribution in [3.8, 4) is 0 Å². The first-order valence-corrected chi connectivity index (χ1v) is 8.13. The first-order chi connectivity index (χ1) is 12.2. The van der Waals surface area contributed by atoms with Gasteiger partial charge in [0.25, 0.3) is 11.1 Å². The fraction of sp³-hybridized carbons (Fsp3) is 0.158. The number of nitrogens with one attached hydrogen (secondary N) is 2. The number of H-pyrrole nitrogens is 2. The number of aromatic amines is 2. The fourth-order valence-corrected chi connectivity index (χ4v) is 3.04.